The molecule has 2 aromatic heterocycles. The molecule has 6 aromatic rings. The third-order valence-electron chi connectivity index (χ3n) is 14.8. The van der Waals surface area contributed by atoms with Gasteiger partial charge in [0.2, 0.25) is 0 Å². The number of aliphatic hydroxyl groups is 2. The Balaban J connectivity index is 0.000000166. The lowest BCUT2D eigenvalue weighted by Crippen LogP contribution is -2.45. The van der Waals surface area contributed by atoms with E-state index in [9.17, 15) is 28.9 Å². The van der Waals surface area contributed by atoms with Crippen LogP contribution in [0.5, 0.6) is 11.5 Å². The van der Waals surface area contributed by atoms with Crippen molar-refractivity contribution in [2.45, 2.75) is 96.2 Å². The Hall–Kier alpha value is -6.37. The summed E-state index contributed by atoms with van der Waals surface area (Å²) in [6.45, 7) is 6.62. The number of rotatable bonds is 10. The highest BCUT2D eigenvalue weighted by Crippen LogP contribution is 2.58. The molecule has 12 heteroatoms. The molecule has 4 aliphatic rings. The van der Waals surface area contributed by atoms with Crippen LogP contribution >= 0.6 is 0 Å². The lowest BCUT2D eigenvalue weighted by Gasteiger charge is -2.42. The quantitative estimate of drug-likeness (QED) is 0.108. The molecule has 0 aliphatic heterocycles. The summed E-state index contributed by atoms with van der Waals surface area (Å²) in [4.78, 5) is 11.9. The summed E-state index contributed by atoms with van der Waals surface area (Å²) in [5, 5.41) is 45.5. The van der Waals surface area contributed by atoms with Gasteiger partial charge >= 0.3 is 6.09 Å². The van der Waals surface area contributed by atoms with E-state index in [-0.39, 0.29) is 22.8 Å². The van der Waals surface area contributed by atoms with E-state index in [4.69, 9.17) is 4.74 Å². The molecule has 10 nitrogen and oxygen atoms in total. The number of halogens is 2. The summed E-state index contributed by atoms with van der Waals surface area (Å²) < 4.78 is 35.9. The van der Waals surface area contributed by atoms with Gasteiger partial charge in [-0.25, -0.2) is 22.9 Å². The van der Waals surface area contributed by atoms with Gasteiger partial charge in [0.15, 0.2) is 0 Å². The predicted octanol–water partition coefficient (Wildman–Crippen LogP) is 10.0. The maximum absolute atomic E-state index is 13.4. The number of ether oxygens (including phenoxy) is 1. The number of hydrogen-bond acceptors (Lipinski definition) is 7. The van der Waals surface area contributed by atoms with Crippen LogP contribution in [0.4, 0.5) is 13.6 Å². The molecule has 336 valence electrons. The molecule has 0 saturated heterocycles. The van der Waals surface area contributed by atoms with Gasteiger partial charge in [0.05, 0.1) is 46.4 Å². The first-order valence-corrected chi connectivity index (χ1v) is 22.6. The molecule has 2 heterocycles. The second kappa shape index (κ2) is 17.2. The number of phenols is 1. The number of nitrogens with zero attached hydrogens (tertiary/aromatic N) is 4. The standard InChI is InChI=1S/C28H30FN3O3.C25H25FN2O2/c1-3-30-26(33)35-25-7-5-4-6-19(25)12-14-28(34)15-13-21-16-24-20(17-27(21,28)2)18-31-32(24)23-10-8-22(29)9-11-23;1-24-15-18-16-27-28(21-8-6-20(26)7-9-21)22(18)14-19(24)11-13-25(24,30)12-10-17-4-2-3-5-23(17)29/h4-11,16,18,34H,3,12-15,17H2,1-2H3,(H,30,33);2-9,14,16,29-30H,10-13,15H2,1H3/t27-,28-;24-,25-/m00/s1. The molecule has 10 rings (SSSR count). The van der Waals surface area contributed by atoms with Crippen LogP contribution in [0.25, 0.3) is 23.5 Å². The van der Waals surface area contributed by atoms with E-state index in [1.165, 1.54) is 35.4 Å². The van der Waals surface area contributed by atoms with Gasteiger partial charge in [-0.15, -0.1) is 0 Å². The van der Waals surface area contributed by atoms with Crippen LogP contribution < -0.4 is 10.1 Å². The highest BCUT2D eigenvalue weighted by molar-refractivity contribution is 5.71. The summed E-state index contributed by atoms with van der Waals surface area (Å²) in [5.41, 5.74) is 7.51. The van der Waals surface area contributed by atoms with Crippen LogP contribution in [0, 0.1) is 22.5 Å². The molecular weight excluding hydrogens is 825 g/mol. The minimum Gasteiger partial charge on any atom is -0.508 e. The topological polar surface area (TPSA) is 135 Å². The Labute approximate surface area is 377 Å². The lowest BCUT2D eigenvalue weighted by molar-refractivity contribution is -0.0464. The number of aryl methyl sites for hydroxylation is 2. The van der Waals surface area contributed by atoms with E-state index in [0.29, 0.717) is 63.7 Å². The summed E-state index contributed by atoms with van der Waals surface area (Å²) in [6, 6.07) is 27.5. The van der Waals surface area contributed by atoms with E-state index in [1.54, 1.807) is 36.4 Å². The summed E-state index contributed by atoms with van der Waals surface area (Å²) in [6.07, 6.45) is 14.3. The van der Waals surface area contributed by atoms with Gasteiger partial charge in [0, 0.05) is 17.4 Å². The molecule has 1 amide bonds. The molecule has 4 atom stereocenters. The number of aromatic nitrogens is 4. The van der Waals surface area contributed by atoms with Crippen molar-refractivity contribution in [2.75, 3.05) is 6.54 Å². The number of phenolic OH excluding ortho intramolecular Hbond substituents is 1. The van der Waals surface area contributed by atoms with Crippen LogP contribution in [0.2, 0.25) is 0 Å². The third-order valence-corrected chi connectivity index (χ3v) is 14.8. The van der Waals surface area contributed by atoms with E-state index in [0.717, 1.165) is 57.9 Å². The molecule has 0 bridgehead atoms. The van der Waals surface area contributed by atoms with Crippen LogP contribution in [0.3, 0.4) is 0 Å². The largest absolute Gasteiger partial charge is 0.508 e. The monoisotopic (exact) mass is 879 g/mol. The van der Waals surface area contributed by atoms with Crippen molar-refractivity contribution in [1.82, 2.24) is 24.9 Å². The van der Waals surface area contributed by atoms with E-state index < -0.39 is 22.7 Å². The summed E-state index contributed by atoms with van der Waals surface area (Å²) >= 11 is 0. The second-order valence-corrected chi connectivity index (χ2v) is 18.5. The fraction of sp³-hybridized carbons (Fsp3) is 0.340. The van der Waals surface area contributed by atoms with Crippen LogP contribution in [0.1, 0.15) is 92.9 Å². The van der Waals surface area contributed by atoms with Gasteiger partial charge in [-0.3, -0.25) is 0 Å². The van der Waals surface area contributed by atoms with Crippen molar-refractivity contribution in [3.63, 3.8) is 0 Å². The Bertz CT molecular complexity index is 2800. The average molecular weight is 880 g/mol. The highest BCUT2D eigenvalue weighted by Gasteiger charge is 2.56. The minimum absolute atomic E-state index is 0.268. The fourth-order valence-corrected chi connectivity index (χ4v) is 10.7. The van der Waals surface area contributed by atoms with Crippen molar-refractivity contribution < 1.29 is 33.6 Å². The Morgan fingerprint density at radius 2 is 1.15 bits per heavy atom. The van der Waals surface area contributed by atoms with E-state index in [2.05, 4.69) is 41.5 Å². The van der Waals surface area contributed by atoms with Crippen molar-refractivity contribution in [2.24, 2.45) is 10.8 Å². The zero-order valence-corrected chi connectivity index (χ0v) is 37.0. The smallest absolute Gasteiger partial charge is 0.412 e. The fourth-order valence-electron chi connectivity index (χ4n) is 10.7. The molecule has 2 fully saturated rings. The van der Waals surface area contributed by atoms with E-state index >= 15 is 0 Å². The maximum atomic E-state index is 13.4. The van der Waals surface area contributed by atoms with Crippen molar-refractivity contribution in [3.05, 3.63) is 166 Å². The number of carbonyl (C=O) groups is 1. The molecule has 4 N–H and O–H groups in total. The van der Waals surface area contributed by atoms with Crippen LogP contribution in [-0.4, -0.2) is 58.7 Å². The average Bonchev–Trinajstić information content (AvgIpc) is 4.03. The number of nitrogens with one attached hydrogen (secondary N) is 1. The van der Waals surface area contributed by atoms with Gasteiger partial charge in [0.1, 0.15) is 23.1 Å². The molecule has 4 aromatic carbocycles. The molecule has 2 saturated carbocycles. The van der Waals surface area contributed by atoms with Gasteiger partial charge in [0.25, 0.3) is 0 Å². The zero-order valence-electron chi connectivity index (χ0n) is 37.0. The number of carbonyl (C=O) groups excluding carboxylic acids is 1. The summed E-state index contributed by atoms with van der Waals surface area (Å²) in [5.74, 6) is 0.259. The predicted molar refractivity (Wildman–Crippen MR) is 246 cm³/mol. The SMILES string of the molecule is CCNC(=O)Oc1ccccc1CC[C@]1(O)CCC2=Cc3c(cnn3-c3ccc(F)cc3)C[C@@]21C.C[C@]12Cc3cnn(-c4ccc(F)cc4)c3C=C1CC[C@@]2(O)CCc1ccccc1O. The third kappa shape index (κ3) is 8.07. The summed E-state index contributed by atoms with van der Waals surface area (Å²) in [7, 11) is 0. The second-order valence-electron chi connectivity index (χ2n) is 18.5. The lowest BCUT2D eigenvalue weighted by atomic mass is 9.65. The number of hydrogen-bond donors (Lipinski definition) is 4. The Kier molecular flexibility index (Phi) is 11.6. The molecule has 65 heavy (non-hydrogen) atoms. The van der Waals surface area contributed by atoms with Crippen LogP contribution in [0.15, 0.2) is 121 Å². The molecule has 0 unspecified atom stereocenters. The minimum atomic E-state index is -0.896. The van der Waals surface area contributed by atoms with Crippen LogP contribution in [-0.2, 0) is 25.7 Å². The molecular formula is C53H55F2N5O5. The van der Waals surface area contributed by atoms with Crippen molar-refractivity contribution >= 4 is 18.2 Å². The van der Waals surface area contributed by atoms with Gasteiger partial charge in [-0.1, -0.05) is 61.4 Å². The number of fused-ring (bicyclic) bond motifs is 4. The first kappa shape index (κ1) is 43.9. The van der Waals surface area contributed by atoms with Gasteiger partial charge < -0.3 is 25.4 Å². The Morgan fingerprint density at radius 1 is 0.692 bits per heavy atom. The first-order chi connectivity index (χ1) is 31.2. The number of amides is 1. The van der Waals surface area contributed by atoms with Gasteiger partial charge in [-0.2, -0.15) is 10.2 Å². The Morgan fingerprint density at radius 3 is 1.65 bits per heavy atom. The van der Waals surface area contributed by atoms with Gasteiger partial charge in [-0.05, 0) is 166 Å². The molecule has 4 aliphatic carbocycles. The van der Waals surface area contributed by atoms with Crippen molar-refractivity contribution in [3.8, 4) is 22.9 Å². The van der Waals surface area contributed by atoms with E-state index in [1.807, 2.05) is 65.1 Å². The zero-order chi connectivity index (χ0) is 45.6. The maximum Gasteiger partial charge on any atom is 0.412 e. The number of aromatic hydroxyl groups is 1. The normalized spacial score (nSPS) is 23.8. The van der Waals surface area contributed by atoms with Crippen molar-refractivity contribution in [1.29, 1.82) is 0 Å². The molecule has 0 spiro atoms. The highest BCUT2D eigenvalue weighted by atomic mass is 19.1. The molecule has 0 radical (unpaired) electrons. The number of para-hydroxylation sites is 2. The first-order valence-electron chi connectivity index (χ1n) is 22.6. The number of benzene rings is 4.